The zero-order valence-electron chi connectivity index (χ0n) is 11.0. The lowest BCUT2D eigenvalue weighted by molar-refractivity contribution is 0.0690. The first-order chi connectivity index (χ1) is 9.31. The summed E-state index contributed by atoms with van der Waals surface area (Å²) in [6.07, 6.45) is 7.73. The van der Waals surface area contributed by atoms with Gasteiger partial charge in [0.15, 0.2) is 5.82 Å². The molecule has 102 valence electrons. The summed E-state index contributed by atoms with van der Waals surface area (Å²) in [5.41, 5.74) is 3.09. The molecule has 5 nitrogen and oxygen atoms in total. The number of fused-ring (bicyclic) bond motifs is 1. The molecule has 3 rings (SSSR count). The second-order valence-electron chi connectivity index (χ2n) is 5.44. The number of aromatic nitrogens is 1. The van der Waals surface area contributed by atoms with Crippen LogP contribution >= 0.6 is 0 Å². The van der Waals surface area contributed by atoms with Crippen molar-refractivity contribution in [2.45, 2.75) is 38.1 Å². The number of amides is 1. The van der Waals surface area contributed by atoms with Crippen LogP contribution in [0.1, 0.15) is 42.5 Å². The van der Waals surface area contributed by atoms with Gasteiger partial charge < -0.3 is 10.3 Å². The topological polar surface area (TPSA) is 71.2 Å². The van der Waals surface area contributed by atoms with Crippen molar-refractivity contribution in [3.8, 4) is 0 Å². The average molecular weight is 260 g/mol. The van der Waals surface area contributed by atoms with Crippen molar-refractivity contribution in [3.63, 3.8) is 0 Å². The molecule has 0 bridgehead atoms. The molecule has 1 saturated carbocycles. The van der Waals surface area contributed by atoms with Crippen LogP contribution in [0.4, 0.5) is 5.82 Å². The van der Waals surface area contributed by atoms with Crippen molar-refractivity contribution in [3.05, 3.63) is 23.9 Å². The van der Waals surface area contributed by atoms with Gasteiger partial charge in [-0.15, -0.1) is 0 Å². The molecule has 1 aromatic heterocycles. The number of hydrogen-bond acceptors (Lipinski definition) is 4. The third kappa shape index (κ3) is 2.18. The number of likely N-dealkylation sites (tertiary alicyclic amines) is 1. The molecule has 0 spiro atoms. The van der Waals surface area contributed by atoms with Gasteiger partial charge in [0.05, 0.1) is 5.56 Å². The van der Waals surface area contributed by atoms with E-state index in [0.29, 0.717) is 23.3 Å². The van der Waals surface area contributed by atoms with Crippen LogP contribution in [-0.2, 0) is 0 Å². The minimum absolute atomic E-state index is 0.0652. The number of nitrogens with two attached hydrogens (primary N) is 1. The first-order valence-corrected chi connectivity index (χ1v) is 7.04. The summed E-state index contributed by atoms with van der Waals surface area (Å²) in [7, 11) is 0. The zero-order chi connectivity index (χ0) is 13.2. The van der Waals surface area contributed by atoms with Crippen LogP contribution in [0.15, 0.2) is 18.3 Å². The van der Waals surface area contributed by atoms with E-state index in [2.05, 4.69) is 10.4 Å². The third-order valence-electron chi connectivity index (χ3n) is 4.45. The summed E-state index contributed by atoms with van der Waals surface area (Å²) < 4.78 is 0. The van der Waals surface area contributed by atoms with Crippen molar-refractivity contribution in [2.75, 3.05) is 12.0 Å². The Balaban J connectivity index is 1.84. The monoisotopic (exact) mass is 260 g/mol. The molecule has 2 unspecified atom stereocenters. The standard InChI is InChI=1S/C14H20N4O/c15-17-13-11(5-3-8-16-13)14(19)18-9-7-10-4-1-2-6-12(10)18/h3,5,8,10,12H,1-2,4,6-7,9,15H2,(H,16,17). The van der Waals surface area contributed by atoms with Crippen LogP contribution in [-0.4, -0.2) is 28.4 Å². The summed E-state index contributed by atoms with van der Waals surface area (Å²) in [4.78, 5) is 18.8. The number of anilines is 1. The molecule has 0 aromatic carbocycles. The normalized spacial score (nSPS) is 26.1. The van der Waals surface area contributed by atoms with E-state index in [1.165, 1.54) is 19.3 Å². The van der Waals surface area contributed by atoms with Gasteiger partial charge in [0.25, 0.3) is 5.91 Å². The Morgan fingerprint density at radius 2 is 2.21 bits per heavy atom. The van der Waals surface area contributed by atoms with Gasteiger partial charge in [-0.05, 0) is 37.3 Å². The van der Waals surface area contributed by atoms with E-state index in [1.807, 2.05) is 4.90 Å². The van der Waals surface area contributed by atoms with E-state index >= 15 is 0 Å². The summed E-state index contributed by atoms with van der Waals surface area (Å²) in [6.45, 7) is 0.868. The van der Waals surface area contributed by atoms with Gasteiger partial charge in [-0.3, -0.25) is 4.79 Å². The van der Waals surface area contributed by atoms with Crippen LogP contribution in [0.2, 0.25) is 0 Å². The van der Waals surface area contributed by atoms with Crippen molar-refractivity contribution in [1.82, 2.24) is 9.88 Å². The van der Waals surface area contributed by atoms with Gasteiger partial charge in [-0.25, -0.2) is 10.8 Å². The highest BCUT2D eigenvalue weighted by Crippen LogP contribution is 2.37. The molecule has 2 heterocycles. The van der Waals surface area contributed by atoms with Gasteiger partial charge in [0, 0.05) is 18.8 Å². The number of nitrogens with zero attached hydrogens (tertiary/aromatic N) is 2. The fraction of sp³-hybridized carbons (Fsp3) is 0.571. The highest BCUT2D eigenvalue weighted by Gasteiger charge is 2.38. The van der Waals surface area contributed by atoms with E-state index in [0.717, 1.165) is 19.4 Å². The Morgan fingerprint density at radius 1 is 1.37 bits per heavy atom. The molecule has 1 aliphatic heterocycles. The van der Waals surface area contributed by atoms with Crippen molar-refractivity contribution in [1.29, 1.82) is 0 Å². The Kier molecular flexibility index (Phi) is 3.38. The molecule has 1 saturated heterocycles. The molecular weight excluding hydrogens is 240 g/mol. The van der Waals surface area contributed by atoms with E-state index < -0.39 is 0 Å². The predicted molar refractivity (Wildman–Crippen MR) is 73.4 cm³/mol. The van der Waals surface area contributed by atoms with Gasteiger partial charge in [0.1, 0.15) is 0 Å². The third-order valence-corrected chi connectivity index (χ3v) is 4.45. The molecule has 2 fully saturated rings. The fourth-order valence-electron chi connectivity index (χ4n) is 3.51. The smallest absolute Gasteiger partial charge is 0.257 e. The lowest BCUT2D eigenvalue weighted by atomic mass is 9.85. The van der Waals surface area contributed by atoms with E-state index in [4.69, 9.17) is 5.84 Å². The Bertz CT molecular complexity index is 476. The molecule has 0 radical (unpaired) electrons. The van der Waals surface area contributed by atoms with Gasteiger partial charge in [0.2, 0.25) is 0 Å². The summed E-state index contributed by atoms with van der Waals surface area (Å²) in [5, 5.41) is 0. The summed E-state index contributed by atoms with van der Waals surface area (Å²) in [5.74, 6) is 6.66. The maximum absolute atomic E-state index is 12.7. The molecule has 19 heavy (non-hydrogen) atoms. The predicted octanol–water partition coefficient (Wildman–Crippen LogP) is 1.77. The number of pyridine rings is 1. The number of nitrogen functional groups attached to an aromatic ring is 1. The average Bonchev–Trinajstić information content (AvgIpc) is 2.90. The largest absolute Gasteiger partial charge is 0.335 e. The van der Waals surface area contributed by atoms with Crippen LogP contribution in [0.5, 0.6) is 0 Å². The van der Waals surface area contributed by atoms with Gasteiger partial charge in [-0.1, -0.05) is 12.8 Å². The van der Waals surface area contributed by atoms with Gasteiger partial charge >= 0.3 is 0 Å². The highest BCUT2D eigenvalue weighted by atomic mass is 16.2. The number of rotatable bonds is 2. The summed E-state index contributed by atoms with van der Waals surface area (Å²) in [6, 6.07) is 4.00. The van der Waals surface area contributed by atoms with Crippen LogP contribution in [0, 0.1) is 5.92 Å². The molecule has 1 amide bonds. The number of carbonyl (C=O) groups is 1. The van der Waals surface area contributed by atoms with Crippen molar-refractivity contribution < 1.29 is 4.79 Å². The summed E-state index contributed by atoms with van der Waals surface area (Å²) >= 11 is 0. The van der Waals surface area contributed by atoms with Crippen molar-refractivity contribution in [2.24, 2.45) is 11.8 Å². The SMILES string of the molecule is NNc1ncccc1C(=O)N1CCC2CCCCC21. The number of nitrogens with one attached hydrogen (secondary N) is 1. The first kappa shape index (κ1) is 12.4. The zero-order valence-corrected chi connectivity index (χ0v) is 11.0. The van der Waals surface area contributed by atoms with Crippen LogP contribution in [0.3, 0.4) is 0 Å². The second kappa shape index (κ2) is 5.17. The van der Waals surface area contributed by atoms with Crippen molar-refractivity contribution >= 4 is 11.7 Å². The lowest BCUT2D eigenvalue weighted by Crippen LogP contribution is -2.39. The van der Waals surface area contributed by atoms with E-state index in [9.17, 15) is 4.79 Å². The Hall–Kier alpha value is -1.62. The number of hydrazine groups is 1. The quantitative estimate of drug-likeness (QED) is 0.628. The Labute approximate surface area is 113 Å². The molecule has 1 aliphatic carbocycles. The minimum Gasteiger partial charge on any atom is -0.335 e. The molecule has 3 N–H and O–H groups in total. The van der Waals surface area contributed by atoms with Gasteiger partial charge in [-0.2, -0.15) is 0 Å². The second-order valence-corrected chi connectivity index (χ2v) is 5.44. The first-order valence-electron chi connectivity index (χ1n) is 7.04. The Morgan fingerprint density at radius 3 is 3.05 bits per heavy atom. The molecule has 2 aliphatic rings. The maximum Gasteiger partial charge on any atom is 0.257 e. The number of hydrogen-bond donors (Lipinski definition) is 2. The minimum atomic E-state index is 0.0652. The lowest BCUT2D eigenvalue weighted by Gasteiger charge is -2.31. The maximum atomic E-state index is 12.7. The van der Waals surface area contributed by atoms with Crippen LogP contribution in [0.25, 0.3) is 0 Å². The molecule has 1 aromatic rings. The van der Waals surface area contributed by atoms with E-state index in [1.54, 1.807) is 18.3 Å². The highest BCUT2D eigenvalue weighted by molar-refractivity contribution is 5.99. The molecular formula is C14H20N4O. The van der Waals surface area contributed by atoms with E-state index in [-0.39, 0.29) is 5.91 Å². The van der Waals surface area contributed by atoms with Crippen LogP contribution < -0.4 is 11.3 Å². The fourth-order valence-corrected chi connectivity index (χ4v) is 3.51. The number of carbonyl (C=O) groups excluding carboxylic acids is 1. The molecule has 5 heteroatoms. The molecule has 2 atom stereocenters.